The van der Waals surface area contributed by atoms with Gasteiger partial charge in [0.15, 0.2) is 0 Å². The minimum atomic E-state index is -0.720. The monoisotopic (exact) mass is 416 g/mol. The van der Waals surface area contributed by atoms with E-state index in [1.807, 2.05) is 30.5 Å². The first kappa shape index (κ1) is 21.2. The van der Waals surface area contributed by atoms with Crippen LogP contribution in [0.2, 0.25) is 0 Å². The molecule has 1 saturated carbocycles. The van der Waals surface area contributed by atoms with Crippen LogP contribution >= 0.6 is 11.8 Å². The van der Waals surface area contributed by atoms with Crippen molar-refractivity contribution in [2.45, 2.75) is 50.2 Å². The maximum Gasteiger partial charge on any atom is 0.418 e. The summed E-state index contributed by atoms with van der Waals surface area (Å²) in [6, 6.07) is 11.5. The number of imide groups is 1. The SMILES string of the molecule is CSc1ccccc1-c1ccc(NC(=O)N(C(=O)OC(C)(C)C)C2CC2)c(F)c1. The van der Waals surface area contributed by atoms with Crippen LogP contribution in [0.1, 0.15) is 33.6 Å². The molecule has 1 aliphatic carbocycles. The number of halogens is 1. The smallest absolute Gasteiger partial charge is 0.418 e. The third-order valence-corrected chi connectivity index (χ3v) is 5.15. The van der Waals surface area contributed by atoms with Crippen molar-refractivity contribution in [3.8, 4) is 11.1 Å². The summed E-state index contributed by atoms with van der Waals surface area (Å²) in [4.78, 5) is 27.2. The Kier molecular flexibility index (Phi) is 6.17. The molecular formula is C22H25FN2O3S. The quantitative estimate of drug-likeness (QED) is 0.608. The van der Waals surface area contributed by atoms with Gasteiger partial charge in [0.25, 0.3) is 0 Å². The average Bonchev–Trinajstić information content (AvgIpc) is 3.47. The molecular weight excluding hydrogens is 391 g/mol. The predicted octanol–water partition coefficient (Wildman–Crippen LogP) is 6.15. The Hall–Kier alpha value is -2.54. The Balaban J connectivity index is 1.79. The van der Waals surface area contributed by atoms with Gasteiger partial charge in [-0.1, -0.05) is 24.3 Å². The summed E-state index contributed by atoms with van der Waals surface area (Å²) >= 11 is 1.58. The highest BCUT2D eigenvalue weighted by molar-refractivity contribution is 7.98. The number of benzene rings is 2. The van der Waals surface area contributed by atoms with E-state index in [1.165, 1.54) is 12.1 Å². The highest BCUT2D eigenvalue weighted by Crippen LogP contribution is 2.33. The van der Waals surface area contributed by atoms with E-state index < -0.39 is 23.5 Å². The molecule has 7 heteroatoms. The first-order valence-electron chi connectivity index (χ1n) is 9.46. The fraction of sp³-hybridized carbons (Fsp3) is 0.364. The van der Waals surface area contributed by atoms with Crippen LogP contribution in [0.15, 0.2) is 47.4 Å². The number of hydrogen-bond acceptors (Lipinski definition) is 4. The summed E-state index contributed by atoms with van der Waals surface area (Å²) in [7, 11) is 0. The molecule has 0 saturated heterocycles. The van der Waals surface area contributed by atoms with E-state index in [2.05, 4.69) is 5.32 Å². The van der Waals surface area contributed by atoms with Crippen molar-refractivity contribution < 1.29 is 18.7 Å². The van der Waals surface area contributed by atoms with Gasteiger partial charge >= 0.3 is 12.1 Å². The van der Waals surface area contributed by atoms with Crippen molar-refractivity contribution in [1.82, 2.24) is 4.90 Å². The third kappa shape index (κ3) is 5.29. The number of urea groups is 1. The van der Waals surface area contributed by atoms with Crippen LogP contribution in [-0.4, -0.2) is 34.9 Å². The molecule has 1 fully saturated rings. The summed E-state index contributed by atoms with van der Waals surface area (Å²) < 4.78 is 20.1. The molecule has 3 amide bonds. The van der Waals surface area contributed by atoms with Crippen LogP contribution in [0.4, 0.5) is 19.7 Å². The van der Waals surface area contributed by atoms with Gasteiger partial charge in [0, 0.05) is 10.9 Å². The van der Waals surface area contributed by atoms with Gasteiger partial charge in [-0.15, -0.1) is 11.8 Å². The molecule has 0 spiro atoms. The second-order valence-corrected chi connectivity index (χ2v) is 8.75. The van der Waals surface area contributed by atoms with Gasteiger partial charge < -0.3 is 10.1 Å². The second-order valence-electron chi connectivity index (χ2n) is 7.91. The fourth-order valence-electron chi connectivity index (χ4n) is 2.88. The number of ether oxygens (including phenoxy) is 1. The molecule has 1 aliphatic rings. The number of nitrogens with one attached hydrogen (secondary N) is 1. The molecule has 0 unspecified atom stereocenters. The Morgan fingerprint density at radius 3 is 2.45 bits per heavy atom. The zero-order valence-corrected chi connectivity index (χ0v) is 17.8. The number of amides is 3. The minimum absolute atomic E-state index is 0.0228. The molecule has 3 rings (SSSR count). The van der Waals surface area contributed by atoms with Gasteiger partial charge in [-0.25, -0.2) is 18.9 Å². The van der Waals surface area contributed by atoms with Crippen LogP contribution in [0, 0.1) is 5.82 Å². The number of thioether (sulfide) groups is 1. The molecule has 0 aliphatic heterocycles. The molecule has 2 aromatic carbocycles. The normalized spacial score (nSPS) is 13.7. The first-order chi connectivity index (χ1) is 13.7. The summed E-state index contributed by atoms with van der Waals surface area (Å²) in [6.45, 7) is 5.20. The van der Waals surface area contributed by atoms with E-state index in [4.69, 9.17) is 4.74 Å². The molecule has 0 radical (unpaired) electrons. The van der Waals surface area contributed by atoms with Gasteiger partial charge in [0.05, 0.1) is 5.69 Å². The highest BCUT2D eigenvalue weighted by atomic mass is 32.2. The van der Waals surface area contributed by atoms with Gasteiger partial charge in [-0.3, -0.25) is 0 Å². The molecule has 0 aromatic heterocycles. The van der Waals surface area contributed by atoms with Gasteiger partial charge in [0.2, 0.25) is 0 Å². The highest BCUT2D eigenvalue weighted by Gasteiger charge is 2.40. The van der Waals surface area contributed by atoms with Crippen molar-refractivity contribution >= 4 is 29.6 Å². The Labute approximate surface area is 174 Å². The topological polar surface area (TPSA) is 58.6 Å². The van der Waals surface area contributed by atoms with E-state index >= 15 is 0 Å². The number of carbonyl (C=O) groups is 2. The van der Waals surface area contributed by atoms with E-state index in [0.717, 1.165) is 33.8 Å². The van der Waals surface area contributed by atoms with Gasteiger partial charge in [-0.2, -0.15) is 0 Å². The van der Waals surface area contributed by atoms with E-state index in [1.54, 1.807) is 38.6 Å². The number of hydrogen-bond donors (Lipinski definition) is 1. The van der Waals surface area contributed by atoms with Crippen molar-refractivity contribution in [3.63, 3.8) is 0 Å². The number of rotatable bonds is 4. The zero-order chi connectivity index (χ0) is 21.2. The standard InChI is InChI=1S/C22H25FN2O3S/c1-22(2,3)28-21(27)25(15-10-11-15)20(26)24-18-12-9-14(13-17(18)23)16-7-5-6-8-19(16)29-4/h5-9,12-13,15H,10-11H2,1-4H3,(H,24,26). The Morgan fingerprint density at radius 2 is 1.86 bits per heavy atom. The maximum atomic E-state index is 14.7. The van der Waals surface area contributed by atoms with Crippen molar-refractivity contribution in [1.29, 1.82) is 0 Å². The third-order valence-electron chi connectivity index (χ3n) is 4.35. The summed E-state index contributed by atoms with van der Waals surface area (Å²) in [5.41, 5.74) is 0.943. The maximum absolute atomic E-state index is 14.7. The van der Waals surface area contributed by atoms with Crippen molar-refractivity contribution in [2.75, 3.05) is 11.6 Å². The lowest BCUT2D eigenvalue weighted by Gasteiger charge is -2.26. The van der Waals surface area contributed by atoms with E-state index in [-0.39, 0.29) is 11.7 Å². The summed E-state index contributed by atoms with van der Waals surface area (Å²) in [5, 5.41) is 2.51. The lowest BCUT2D eigenvalue weighted by molar-refractivity contribution is 0.0321. The molecule has 1 N–H and O–H groups in total. The lowest BCUT2D eigenvalue weighted by atomic mass is 10.1. The first-order valence-corrected chi connectivity index (χ1v) is 10.7. The van der Waals surface area contributed by atoms with Crippen LogP contribution < -0.4 is 5.32 Å². The van der Waals surface area contributed by atoms with Crippen LogP contribution in [0.3, 0.4) is 0 Å². The fourth-order valence-corrected chi connectivity index (χ4v) is 3.50. The number of nitrogens with zero attached hydrogens (tertiary/aromatic N) is 1. The van der Waals surface area contributed by atoms with E-state index in [9.17, 15) is 14.0 Å². The Morgan fingerprint density at radius 1 is 1.17 bits per heavy atom. The van der Waals surface area contributed by atoms with Crippen LogP contribution in [-0.2, 0) is 4.74 Å². The molecule has 154 valence electrons. The summed E-state index contributed by atoms with van der Waals surface area (Å²) in [6.07, 6.45) is 2.69. The number of anilines is 1. The van der Waals surface area contributed by atoms with Crippen molar-refractivity contribution in [3.05, 3.63) is 48.3 Å². The van der Waals surface area contributed by atoms with E-state index in [0.29, 0.717) is 0 Å². The lowest BCUT2D eigenvalue weighted by Crippen LogP contribution is -2.44. The van der Waals surface area contributed by atoms with Crippen LogP contribution in [0.5, 0.6) is 0 Å². The molecule has 0 bridgehead atoms. The van der Waals surface area contributed by atoms with Gasteiger partial charge in [0.1, 0.15) is 11.4 Å². The molecule has 2 aromatic rings. The molecule has 0 atom stereocenters. The summed E-state index contributed by atoms with van der Waals surface area (Å²) in [5.74, 6) is -0.563. The number of carbonyl (C=O) groups excluding carboxylic acids is 2. The Bertz CT molecular complexity index is 923. The predicted molar refractivity (Wildman–Crippen MR) is 114 cm³/mol. The molecule has 5 nitrogen and oxygen atoms in total. The second kappa shape index (κ2) is 8.45. The zero-order valence-electron chi connectivity index (χ0n) is 17.0. The van der Waals surface area contributed by atoms with Crippen molar-refractivity contribution in [2.24, 2.45) is 0 Å². The average molecular weight is 417 g/mol. The van der Waals surface area contributed by atoms with Gasteiger partial charge in [-0.05, 0) is 69.2 Å². The largest absolute Gasteiger partial charge is 0.443 e. The molecule has 0 heterocycles. The molecule has 29 heavy (non-hydrogen) atoms. The minimum Gasteiger partial charge on any atom is -0.443 e. The van der Waals surface area contributed by atoms with Crippen LogP contribution in [0.25, 0.3) is 11.1 Å².